The molecule has 0 fully saturated rings. The summed E-state index contributed by atoms with van der Waals surface area (Å²) in [5.74, 6) is 0. The van der Waals surface area contributed by atoms with Crippen LogP contribution in [0.2, 0.25) is 0 Å². The zero-order valence-corrected chi connectivity index (χ0v) is 8.22. The zero-order valence-electron chi connectivity index (χ0n) is 8.22. The summed E-state index contributed by atoms with van der Waals surface area (Å²) < 4.78 is 12.1. The molecule has 0 rings (SSSR count). The van der Waals surface area contributed by atoms with Gasteiger partial charge in [0.1, 0.15) is 6.67 Å². The Labute approximate surface area is 74.9 Å². The lowest BCUT2D eigenvalue weighted by atomic mass is 10.1. The van der Waals surface area contributed by atoms with E-state index in [1.54, 1.807) is 0 Å². The minimum Gasteiger partial charge on any atom is -0.329 e. The van der Waals surface area contributed by atoms with Gasteiger partial charge in [0, 0.05) is 25.7 Å². The molecule has 0 spiro atoms. The summed E-state index contributed by atoms with van der Waals surface area (Å²) in [4.78, 5) is 2.14. The summed E-state index contributed by atoms with van der Waals surface area (Å²) in [7, 11) is 0. The minimum absolute atomic E-state index is 0.267. The van der Waals surface area contributed by atoms with Crippen molar-refractivity contribution in [3.8, 4) is 0 Å². The first kappa shape index (κ1) is 11.8. The molecule has 0 saturated carbocycles. The molecule has 0 aromatic heterocycles. The highest BCUT2D eigenvalue weighted by Crippen LogP contribution is 2.07. The highest BCUT2D eigenvalue weighted by molar-refractivity contribution is 4.68. The van der Waals surface area contributed by atoms with E-state index < -0.39 is 0 Å². The Morgan fingerprint density at radius 3 is 2.17 bits per heavy atom. The molecule has 0 bridgehead atoms. The fourth-order valence-corrected chi connectivity index (χ4v) is 1.56. The van der Waals surface area contributed by atoms with E-state index in [0.717, 1.165) is 19.4 Å². The van der Waals surface area contributed by atoms with E-state index in [2.05, 4.69) is 18.7 Å². The highest BCUT2D eigenvalue weighted by atomic mass is 19.1. The van der Waals surface area contributed by atoms with Crippen molar-refractivity contribution < 1.29 is 4.39 Å². The van der Waals surface area contributed by atoms with E-state index >= 15 is 0 Å². The quantitative estimate of drug-likeness (QED) is 0.635. The van der Waals surface area contributed by atoms with Gasteiger partial charge in [-0.3, -0.25) is 4.90 Å². The maximum Gasteiger partial charge on any atom is 0.102 e. The van der Waals surface area contributed by atoms with Crippen LogP contribution in [0.15, 0.2) is 0 Å². The summed E-state index contributed by atoms with van der Waals surface area (Å²) in [6, 6.07) is 0.504. The van der Waals surface area contributed by atoms with Crippen LogP contribution in [0.5, 0.6) is 0 Å². The Balaban J connectivity index is 3.86. The molecule has 0 aromatic rings. The molecule has 0 aliphatic rings. The van der Waals surface area contributed by atoms with Gasteiger partial charge in [0.2, 0.25) is 0 Å². The van der Waals surface area contributed by atoms with Crippen LogP contribution in [0.1, 0.15) is 26.7 Å². The Kier molecular flexibility index (Phi) is 7.40. The predicted molar refractivity (Wildman–Crippen MR) is 51.0 cm³/mol. The molecule has 0 aromatic carbocycles. The van der Waals surface area contributed by atoms with Crippen molar-refractivity contribution in [2.24, 2.45) is 5.73 Å². The van der Waals surface area contributed by atoms with Crippen LogP contribution in [0.4, 0.5) is 4.39 Å². The van der Waals surface area contributed by atoms with Gasteiger partial charge in [-0.1, -0.05) is 13.8 Å². The van der Waals surface area contributed by atoms with Gasteiger partial charge in [-0.15, -0.1) is 0 Å². The average molecular weight is 176 g/mol. The van der Waals surface area contributed by atoms with Crippen LogP contribution in [0.25, 0.3) is 0 Å². The number of halogens is 1. The predicted octanol–water partition coefficient (Wildman–Crippen LogP) is 1.41. The molecular formula is C9H21FN2. The number of alkyl halides is 1. The first-order chi connectivity index (χ1) is 5.79. The molecule has 0 amide bonds. The molecule has 0 unspecified atom stereocenters. The van der Waals surface area contributed by atoms with Gasteiger partial charge in [-0.2, -0.15) is 0 Å². The lowest BCUT2D eigenvalue weighted by Crippen LogP contribution is -2.39. The third-order valence-electron chi connectivity index (χ3n) is 2.25. The summed E-state index contributed by atoms with van der Waals surface area (Å²) in [5, 5.41) is 0. The van der Waals surface area contributed by atoms with E-state index in [1.165, 1.54) is 0 Å². The lowest BCUT2D eigenvalue weighted by molar-refractivity contribution is 0.176. The molecule has 0 aliphatic heterocycles. The number of hydrogen-bond donors (Lipinski definition) is 1. The second-order valence-electron chi connectivity index (χ2n) is 2.98. The van der Waals surface area contributed by atoms with Crippen LogP contribution in [-0.2, 0) is 0 Å². The molecule has 0 radical (unpaired) electrons. The number of hydrogen-bond acceptors (Lipinski definition) is 2. The monoisotopic (exact) mass is 176 g/mol. The van der Waals surface area contributed by atoms with E-state index in [4.69, 9.17) is 5.73 Å². The van der Waals surface area contributed by atoms with Gasteiger partial charge in [-0.25, -0.2) is 4.39 Å². The number of nitrogens with two attached hydrogens (primary N) is 1. The Hall–Kier alpha value is -0.150. The smallest absolute Gasteiger partial charge is 0.102 e. The molecule has 12 heavy (non-hydrogen) atoms. The van der Waals surface area contributed by atoms with Crippen molar-refractivity contribution >= 4 is 0 Å². The van der Waals surface area contributed by atoms with Crippen LogP contribution < -0.4 is 5.73 Å². The first-order valence-corrected chi connectivity index (χ1v) is 4.80. The third kappa shape index (κ3) is 4.02. The SMILES string of the molecule is CCC(CC)N(CCN)CCF. The van der Waals surface area contributed by atoms with Gasteiger partial charge in [0.05, 0.1) is 0 Å². The van der Waals surface area contributed by atoms with Crippen LogP contribution in [0, 0.1) is 0 Å². The third-order valence-corrected chi connectivity index (χ3v) is 2.25. The normalized spacial score (nSPS) is 11.5. The van der Waals surface area contributed by atoms with Crippen LogP contribution in [-0.4, -0.2) is 37.3 Å². The van der Waals surface area contributed by atoms with Gasteiger partial charge in [0.25, 0.3) is 0 Å². The molecule has 2 N–H and O–H groups in total. The maximum atomic E-state index is 12.1. The van der Waals surface area contributed by atoms with Crippen molar-refractivity contribution in [2.45, 2.75) is 32.7 Å². The van der Waals surface area contributed by atoms with Gasteiger partial charge < -0.3 is 5.73 Å². The Morgan fingerprint density at radius 1 is 1.25 bits per heavy atom. The van der Waals surface area contributed by atoms with Crippen LogP contribution in [0.3, 0.4) is 0 Å². The van der Waals surface area contributed by atoms with E-state index in [-0.39, 0.29) is 6.67 Å². The van der Waals surface area contributed by atoms with E-state index in [9.17, 15) is 4.39 Å². The molecule has 0 heterocycles. The lowest BCUT2D eigenvalue weighted by Gasteiger charge is -2.28. The molecule has 0 saturated heterocycles. The van der Waals surface area contributed by atoms with Crippen molar-refractivity contribution in [3.63, 3.8) is 0 Å². The first-order valence-electron chi connectivity index (χ1n) is 4.80. The Bertz CT molecular complexity index is 88.5. The molecule has 2 nitrogen and oxygen atoms in total. The molecule has 0 atom stereocenters. The highest BCUT2D eigenvalue weighted by Gasteiger charge is 2.12. The largest absolute Gasteiger partial charge is 0.329 e. The zero-order chi connectivity index (χ0) is 9.40. The molecule has 0 aliphatic carbocycles. The molecule has 74 valence electrons. The number of nitrogens with zero attached hydrogens (tertiary/aromatic N) is 1. The summed E-state index contributed by atoms with van der Waals surface area (Å²) in [5.41, 5.74) is 5.44. The molecular weight excluding hydrogens is 155 g/mol. The summed E-state index contributed by atoms with van der Waals surface area (Å²) in [6.07, 6.45) is 2.16. The topological polar surface area (TPSA) is 29.3 Å². The van der Waals surface area contributed by atoms with Crippen molar-refractivity contribution in [1.29, 1.82) is 0 Å². The second kappa shape index (κ2) is 7.50. The summed E-state index contributed by atoms with van der Waals surface area (Å²) >= 11 is 0. The summed E-state index contributed by atoms with van der Waals surface area (Å²) in [6.45, 7) is 5.97. The minimum atomic E-state index is -0.267. The van der Waals surface area contributed by atoms with Crippen molar-refractivity contribution in [1.82, 2.24) is 4.90 Å². The van der Waals surface area contributed by atoms with Crippen LogP contribution >= 0.6 is 0 Å². The average Bonchev–Trinajstić information content (AvgIpc) is 2.07. The van der Waals surface area contributed by atoms with Gasteiger partial charge >= 0.3 is 0 Å². The fourth-order valence-electron chi connectivity index (χ4n) is 1.56. The van der Waals surface area contributed by atoms with Gasteiger partial charge in [-0.05, 0) is 12.8 Å². The van der Waals surface area contributed by atoms with Gasteiger partial charge in [0.15, 0.2) is 0 Å². The van der Waals surface area contributed by atoms with E-state index in [1.807, 2.05) is 0 Å². The Morgan fingerprint density at radius 2 is 1.83 bits per heavy atom. The van der Waals surface area contributed by atoms with Crippen molar-refractivity contribution in [2.75, 3.05) is 26.3 Å². The van der Waals surface area contributed by atoms with E-state index in [0.29, 0.717) is 19.1 Å². The maximum absolute atomic E-state index is 12.1. The fraction of sp³-hybridized carbons (Fsp3) is 1.00. The van der Waals surface area contributed by atoms with Crippen molar-refractivity contribution in [3.05, 3.63) is 0 Å². The molecule has 3 heteroatoms. The standard InChI is InChI=1S/C9H21FN2/c1-3-9(4-2)12(7-5-10)8-6-11/h9H,3-8,11H2,1-2H3. The number of rotatable bonds is 7. The second-order valence-corrected chi connectivity index (χ2v) is 2.98.